The van der Waals surface area contributed by atoms with Crippen LogP contribution in [-0.2, 0) is 4.79 Å². The molecule has 1 amide bonds. The van der Waals surface area contributed by atoms with E-state index in [0.29, 0.717) is 29.5 Å². The van der Waals surface area contributed by atoms with Crippen molar-refractivity contribution in [3.05, 3.63) is 37.9 Å². The van der Waals surface area contributed by atoms with Gasteiger partial charge in [0.15, 0.2) is 0 Å². The van der Waals surface area contributed by atoms with E-state index in [-0.39, 0.29) is 6.42 Å². The van der Waals surface area contributed by atoms with E-state index in [1.54, 1.807) is 0 Å². The van der Waals surface area contributed by atoms with Crippen LogP contribution in [0.1, 0.15) is 16.8 Å². The molecule has 10 nitrogen and oxygen atoms in total. The third-order valence-electron chi connectivity index (χ3n) is 2.70. The van der Waals surface area contributed by atoms with Crippen molar-refractivity contribution in [1.29, 1.82) is 0 Å². The van der Waals surface area contributed by atoms with Gasteiger partial charge in [-0.2, -0.15) is 11.8 Å². The van der Waals surface area contributed by atoms with E-state index >= 15 is 0 Å². The summed E-state index contributed by atoms with van der Waals surface area (Å²) in [6.07, 6.45) is -0.0191. The summed E-state index contributed by atoms with van der Waals surface area (Å²) >= 11 is 6.87. The standard InChI is InChI=1S/C12H12ClN3O7S/c13-2-4-24-3-1-10(17)14-11-8(12(18)19)5-7(15(20)21)6-9(11)16(22)23/h5-6H,1-4H2,(H,14,17)(H,18,19). The van der Waals surface area contributed by atoms with E-state index in [2.05, 4.69) is 5.32 Å². The van der Waals surface area contributed by atoms with E-state index in [1.165, 1.54) is 11.8 Å². The molecule has 130 valence electrons. The second-order valence-electron chi connectivity index (χ2n) is 4.31. The first kappa shape index (κ1) is 19.6. The highest BCUT2D eigenvalue weighted by molar-refractivity contribution is 7.99. The number of carboxylic acid groups (broad SMARTS) is 1. The second-order valence-corrected chi connectivity index (χ2v) is 5.91. The van der Waals surface area contributed by atoms with Gasteiger partial charge in [-0.05, 0) is 0 Å². The third-order valence-corrected chi connectivity index (χ3v) is 4.10. The third kappa shape index (κ3) is 5.35. The molecule has 0 aliphatic carbocycles. The zero-order valence-electron chi connectivity index (χ0n) is 12.1. The fourth-order valence-corrected chi connectivity index (χ4v) is 2.66. The molecule has 24 heavy (non-hydrogen) atoms. The molecule has 0 aromatic heterocycles. The summed E-state index contributed by atoms with van der Waals surface area (Å²) in [7, 11) is 0. The first-order chi connectivity index (χ1) is 11.3. The number of aromatic carboxylic acids is 1. The summed E-state index contributed by atoms with van der Waals surface area (Å²) in [6, 6.07) is 1.26. The molecule has 0 saturated carbocycles. The molecule has 0 spiro atoms. The first-order valence-corrected chi connectivity index (χ1v) is 8.10. The molecule has 2 N–H and O–H groups in total. The number of benzene rings is 1. The highest BCUT2D eigenvalue weighted by Gasteiger charge is 2.28. The van der Waals surface area contributed by atoms with E-state index < -0.39 is 44.3 Å². The molecular formula is C12H12ClN3O7S. The number of nitro groups is 2. The molecule has 1 rings (SSSR count). The van der Waals surface area contributed by atoms with Crippen LogP contribution in [0.2, 0.25) is 0 Å². The van der Waals surface area contributed by atoms with Crippen molar-refractivity contribution in [2.45, 2.75) is 6.42 Å². The summed E-state index contributed by atoms with van der Waals surface area (Å²) in [5, 5.41) is 33.1. The average molecular weight is 378 g/mol. The Kier molecular flexibility index (Phi) is 7.39. The first-order valence-electron chi connectivity index (χ1n) is 6.41. The number of carbonyl (C=O) groups is 2. The SMILES string of the molecule is O=C(CCSCCCl)Nc1c(C(=O)O)cc([N+](=O)[O-])cc1[N+](=O)[O-]. The van der Waals surface area contributed by atoms with Crippen LogP contribution in [0.5, 0.6) is 0 Å². The van der Waals surface area contributed by atoms with Gasteiger partial charge >= 0.3 is 11.7 Å². The van der Waals surface area contributed by atoms with E-state index in [4.69, 9.17) is 16.7 Å². The summed E-state index contributed by atoms with van der Waals surface area (Å²) in [4.78, 5) is 43.0. The van der Waals surface area contributed by atoms with Crippen LogP contribution in [-0.4, -0.2) is 44.2 Å². The van der Waals surface area contributed by atoms with Gasteiger partial charge in [0.05, 0.1) is 21.5 Å². The topological polar surface area (TPSA) is 153 Å². The Morgan fingerprint density at radius 2 is 1.88 bits per heavy atom. The lowest BCUT2D eigenvalue weighted by Crippen LogP contribution is -2.17. The van der Waals surface area contributed by atoms with Crippen molar-refractivity contribution >= 4 is 52.3 Å². The molecule has 12 heteroatoms. The molecule has 0 heterocycles. The number of hydrogen-bond acceptors (Lipinski definition) is 7. The number of anilines is 1. The number of nitro benzene ring substituents is 2. The van der Waals surface area contributed by atoms with Crippen molar-refractivity contribution in [3.8, 4) is 0 Å². The number of non-ortho nitro benzene ring substituents is 1. The largest absolute Gasteiger partial charge is 0.478 e. The number of halogens is 1. The predicted octanol–water partition coefficient (Wildman–Crippen LogP) is 2.50. The Morgan fingerprint density at radius 1 is 1.21 bits per heavy atom. The molecule has 0 aliphatic heterocycles. The second kappa shape index (κ2) is 9.03. The van der Waals surface area contributed by atoms with Crippen molar-refractivity contribution in [2.24, 2.45) is 0 Å². The van der Waals surface area contributed by atoms with Crippen LogP contribution in [0.3, 0.4) is 0 Å². The fourth-order valence-electron chi connectivity index (χ4n) is 1.68. The smallest absolute Gasteiger partial charge is 0.338 e. The number of nitrogens with one attached hydrogen (secondary N) is 1. The van der Waals surface area contributed by atoms with E-state index in [1.807, 2.05) is 0 Å². The Labute approximate surface area is 144 Å². The highest BCUT2D eigenvalue weighted by atomic mass is 35.5. The molecule has 1 aromatic rings. The minimum absolute atomic E-state index is 0.0191. The van der Waals surface area contributed by atoms with Gasteiger partial charge in [0.25, 0.3) is 5.69 Å². The maximum atomic E-state index is 11.8. The predicted molar refractivity (Wildman–Crippen MR) is 88.0 cm³/mol. The quantitative estimate of drug-likeness (QED) is 0.288. The van der Waals surface area contributed by atoms with Gasteiger partial charge in [-0.1, -0.05) is 0 Å². The van der Waals surface area contributed by atoms with Crippen LogP contribution in [0.15, 0.2) is 12.1 Å². The zero-order chi connectivity index (χ0) is 18.3. The molecule has 0 aliphatic rings. The van der Waals surface area contributed by atoms with Gasteiger partial charge in [-0.15, -0.1) is 11.6 Å². The number of hydrogen-bond donors (Lipinski definition) is 2. The van der Waals surface area contributed by atoms with Gasteiger partial charge in [-0.25, -0.2) is 4.79 Å². The minimum atomic E-state index is -1.63. The number of nitrogens with zero attached hydrogens (tertiary/aromatic N) is 2. The van der Waals surface area contributed by atoms with E-state index in [9.17, 15) is 29.8 Å². The highest BCUT2D eigenvalue weighted by Crippen LogP contribution is 2.33. The minimum Gasteiger partial charge on any atom is -0.478 e. The summed E-state index contributed by atoms with van der Waals surface area (Å²) in [6.45, 7) is 0. The van der Waals surface area contributed by atoms with Crippen LogP contribution in [0.25, 0.3) is 0 Å². The van der Waals surface area contributed by atoms with Crippen molar-refractivity contribution in [2.75, 3.05) is 22.7 Å². The van der Waals surface area contributed by atoms with Crippen molar-refractivity contribution in [1.82, 2.24) is 0 Å². The summed E-state index contributed by atoms with van der Waals surface area (Å²) in [5.41, 5.74) is -2.92. The van der Waals surface area contributed by atoms with Crippen molar-refractivity contribution < 1.29 is 24.5 Å². The maximum Gasteiger partial charge on any atom is 0.338 e. The molecular weight excluding hydrogens is 366 g/mol. The number of alkyl halides is 1. The van der Waals surface area contributed by atoms with Crippen LogP contribution in [0, 0.1) is 20.2 Å². The Hall–Kier alpha value is -2.40. The molecule has 0 bridgehead atoms. The number of amides is 1. The fraction of sp³-hybridized carbons (Fsp3) is 0.333. The molecule has 0 radical (unpaired) electrons. The number of thioether (sulfide) groups is 1. The average Bonchev–Trinajstić information content (AvgIpc) is 2.50. The monoisotopic (exact) mass is 377 g/mol. The van der Waals surface area contributed by atoms with Crippen LogP contribution >= 0.6 is 23.4 Å². The van der Waals surface area contributed by atoms with Gasteiger partial charge in [0.1, 0.15) is 5.69 Å². The Bertz CT molecular complexity index is 648. The van der Waals surface area contributed by atoms with Crippen LogP contribution < -0.4 is 5.32 Å². The maximum absolute atomic E-state index is 11.8. The molecule has 0 saturated heterocycles. The summed E-state index contributed by atoms with van der Waals surface area (Å²) < 4.78 is 0. The normalized spacial score (nSPS) is 10.2. The van der Waals surface area contributed by atoms with Gasteiger partial charge in [-0.3, -0.25) is 25.0 Å². The number of rotatable bonds is 9. The van der Waals surface area contributed by atoms with Crippen LogP contribution in [0.4, 0.5) is 17.1 Å². The Morgan fingerprint density at radius 3 is 2.38 bits per heavy atom. The Balaban J connectivity index is 3.15. The van der Waals surface area contributed by atoms with Gasteiger partial charge < -0.3 is 10.4 Å². The van der Waals surface area contributed by atoms with Crippen molar-refractivity contribution in [3.63, 3.8) is 0 Å². The number of carboxylic acids is 1. The zero-order valence-corrected chi connectivity index (χ0v) is 13.6. The number of carbonyl (C=O) groups excluding carboxylic acids is 1. The van der Waals surface area contributed by atoms with E-state index in [0.717, 1.165) is 0 Å². The van der Waals surface area contributed by atoms with Gasteiger partial charge in [0, 0.05) is 29.9 Å². The lowest BCUT2D eigenvalue weighted by Gasteiger charge is -2.09. The van der Waals surface area contributed by atoms with Gasteiger partial charge in [0.2, 0.25) is 5.91 Å². The lowest BCUT2D eigenvalue weighted by atomic mass is 10.1. The summed E-state index contributed by atoms with van der Waals surface area (Å²) in [5.74, 6) is -0.858. The molecule has 0 atom stereocenters. The molecule has 0 fully saturated rings. The molecule has 0 unspecified atom stereocenters. The molecule has 1 aromatic carbocycles. The lowest BCUT2D eigenvalue weighted by molar-refractivity contribution is -0.393.